The monoisotopic (exact) mass is 270 g/mol. The van der Waals surface area contributed by atoms with Gasteiger partial charge in [-0.3, -0.25) is 9.59 Å². The molecule has 2 aromatic rings. The number of hydrogen-bond acceptors (Lipinski definition) is 3. The molecule has 0 saturated carbocycles. The van der Waals surface area contributed by atoms with Crippen molar-refractivity contribution >= 4 is 23.5 Å². The topological polar surface area (TPSA) is 90.5 Å². The van der Waals surface area contributed by atoms with Crippen LogP contribution in [0.2, 0.25) is 0 Å². The number of benzene rings is 1. The van der Waals surface area contributed by atoms with Crippen molar-refractivity contribution in [2.75, 3.05) is 4.90 Å². The average molecular weight is 270 g/mol. The molecular formula is C14H10N2O4. The molecule has 3 rings (SSSR count). The number of imide groups is 1. The van der Waals surface area contributed by atoms with E-state index in [4.69, 9.17) is 5.11 Å². The smallest absolute Gasteiger partial charge is 0.354 e. The lowest BCUT2D eigenvalue weighted by molar-refractivity contribution is 0.0692. The lowest BCUT2D eigenvalue weighted by atomic mass is 10.1. The van der Waals surface area contributed by atoms with Crippen molar-refractivity contribution in [3.05, 3.63) is 52.8 Å². The third kappa shape index (κ3) is 1.55. The minimum atomic E-state index is -1.22. The molecule has 2 N–H and O–H groups in total. The fourth-order valence-electron chi connectivity index (χ4n) is 2.32. The van der Waals surface area contributed by atoms with Crippen molar-refractivity contribution in [3.8, 4) is 0 Å². The van der Waals surface area contributed by atoms with Gasteiger partial charge < -0.3 is 10.1 Å². The summed E-state index contributed by atoms with van der Waals surface area (Å²) in [5.74, 6) is -2.23. The van der Waals surface area contributed by atoms with Crippen LogP contribution in [-0.2, 0) is 0 Å². The molecular weight excluding hydrogens is 260 g/mol. The fraction of sp³-hybridized carbons (Fsp3) is 0.0714. The standard InChI is InChI=1S/C14H10N2O4/c1-7-6-10(11(15-7)14(19)20)16-12(17)8-4-2-3-5-9(8)13(16)18/h2-6,15H,1H3,(H,19,20). The molecule has 2 amide bonds. The average Bonchev–Trinajstić information content (AvgIpc) is 2.90. The van der Waals surface area contributed by atoms with Gasteiger partial charge in [-0.05, 0) is 25.1 Å². The summed E-state index contributed by atoms with van der Waals surface area (Å²) in [4.78, 5) is 39.3. The lowest BCUT2D eigenvalue weighted by Crippen LogP contribution is -2.30. The highest BCUT2D eigenvalue weighted by Gasteiger charge is 2.38. The SMILES string of the molecule is Cc1cc(N2C(=O)c3ccccc3C2=O)c(C(=O)O)[nH]1. The third-order valence-corrected chi connectivity index (χ3v) is 3.18. The zero-order valence-corrected chi connectivity index (χ0v) is 10.5. The lowest BCUT2D eigenvalue weighted by Gasteiger charge is -2.12. The summed E-state index contributed by atoms with van der Waals surface area (Å²) in [7, 11) is 0. The van der Waals surface area contributed by atoms with Gasteiger partial charge in [-0.25, -0.2) is 9.69 Å². The second-order valence-electron chi connectivity index (χ2n) is 4.51. The van der Waals surface area contributed by atoms with Crippen LogP contribution in [0.3, 0.4) is 0 Å². The van der Waals surface area contributed by atoms with Gasteiger partial charge in [-0.15, -0.1) is 0 Å². The van der Waals surface area contributed by atoms with Crippen molar-refractivity contribution in [3.63, 3.8) is 0 Å². The zero-order valence-electron chi connectivity index (χ0n) is 10.5. The number of anilines is 1. The van der Waals surface area contributed by atoms with Crippen molar-refractivity contribution in [2.24, 2.45) is 0 Å². The van der Waals surface area contributed by atoms with Crippen LogP contribution in [0.5, 0.6) is 0 Å². The van der Waals surface area contributed by atoms with Crippen LogP contribution < -0.4 is 4.90 Å². The van der Waals surface area contributed by atoms with Gasteiger partial charge in [0.05, 0.1) is 16.8 Å². The van der Waals surface area contributed by atoms with Gasteiger partial charge in [0.2, 0.25) is 0 Å². The van der Waals surface area contributed by atoms with E-state index in [1.807, 2.05) is 0 Å². The number of aromatic amines is 1. The number of fused-ring (bicyclic) bond motifs is 1. The van der Waals surface area contributed by atoms with Crippen molar-refractivity contribution in [2.45, 2.75) is 6.92 Å². The van der Waals surface area contributed by atoms with E-state index in [1.165, 1.54) is 6.07 Å². The minimum Gasteiger partial charge on any atom is -0.477 e. The number of nitrogens with zero attached hydrogens (tertiary/aromatic N) is 1. The van der Waals surface area contributed by atoms with E-state index in [-0.39, 0.29) is 22.5 Å². The maximum atomic E-state index is 12.3. The molecule has 0 radical (unpaired) electrons. The van der Waals surface area contributed by atoms with Gasteiger partial charge in [0, 0.05) is 5.69 Å². The van der Waals surface area contributed by atoms with E-state index in [0.29, 0.717) is 5.69 Å². The van der Waals surface area contributed by atoms with E-state index in [2.05, 4.69) is 4.98 Å². The van der Waals surface area contributed by atoms with E-state index in [0.717, 1.165) is 4.90 Å². The Hall–Kier alpha value is -2.89. The Labute approximate surface area is 113 Å². The van der Waals surface area contributed by atoms with Gasteiger partial charge in [-0.2, -0.15) is 0 Å². The maximum Gasteiger partial charge on any atom is 0.354 e. The fourth-order valence-corrected chi connectivity index (χ4v) is 2.32. The molecule has 6 nitrogen and oxygen atoms in total. The molecule has 0 spiro atoms. The molecule has 0 atom stereocenters. The first-order valence-corrected chi connectivity index (χ1v) is 5.91. The number of nitrogens with one attached hydrogen (secondary N) is 1. The van der Waals surface area contributed by atoms with Crippen LogP contribution in [0, 0.1) is 6.92 Å². The number of aryl methyl sites for hydroxylation is 1. The molecule has 0 aliphatic carbocycles. The summed E-state index contributed by atoms with van der Waals surface area (Å²) in [6.45, 7) is 1.66. The van der Waals surface area contributed by atoms with Gasteiger partial charge in [0.15, 0.2) is 0 Å². The predicted molar refractivity (Wildman–Crippen MR) is 70.1 cm³/mol. The number of rotatable bonds is 2. The first kappa shape index (κ1) is 12.2. The molecule has 20 heavy (non-hydrogen) atoms. The Morgan fingerprint density at radius 3 is 2.20 bits per heavy atom. The normalized spacial score (nSPS) is 13.8. The minimum absolute atomic E-state index is 0.0706. The first-order valence-electron chi connectivity index (χ1n) is 5.91. The number of amides is 2. The molecule has 1 aromatic carbocycles. The number of hydrogen-bond donors (Lipinski definition) is 2. The number of H-pyrrole nitrogens is 1. The van der Waals surface area contributed by atoms with Crippen LogP contribution in [0.25, 0.3) is 0 Å². The Morgan fingerprint density at radius 1 is 1.15 bits per heavy atom. The molecule has 1 aromatic heterocycles. The molecule has 6 heteroatoms. The third-order valence-electron chi connectivity index (χ3n) is 3.18. The molecule has 100 valence electrons. The molecule has 1 aliphatic rings. The molecule has 2 heterocycles. The van der Waals surface area contributed by atoms with Crippen LogP contribution in [-0.4, -0.2) is 27.9 Å². The molecule has 0 unspecified atom stereocenters. The molecule has 0 saturated heterocycles. The number of carbonyl (C=O) groups is 3. The van der Waals surface area contributed by atoms with E-state index in [9.17, 15) is 14.4 Å². The zero-order chi connectivity index (χ0) is 14.4. The largest absolute Gasteiger partial charge is 0.477 e. The number of carbonyl (C=O) groups excluding carboxylic acids is 2. The van der Waals surface area contributed by atoms with Gasteiger partial charge in [0.25, 0.3) is 11.8 Å². The van der Waals surface area contributed by atoms with Crippen LogP contribution in [0.1, 0.15) is 36.9 Å². The van der Waals surface area contributed by atoms with E-state index < -0.39 is 17.8 Å². The second-order valence-corrected chi connectivity index (χ2v) is 4.51. The summed E-state index contributed by atoms with van der Waals surface area (Å²) in [5, 5.41) is 9.15. The van der Waals surface area contributed by atoms with Crippen molar-refractivity contribution in [1.29, 1.82) is 0 Å². The predicted octanol–water partition coefficient (Wildman–Crippen LogP) is 1.82. The van der Waals surface area contributed by atoms with Crippen molar-refractivity contribution < 1.29 is 19.5 Å². The highest BCUT2D eigenvalue weighted by molar-refractivity contribution is 6.35. The summed E-state index contributed by atoms with van der Waals surface area (Å²) in [6.07, 6.45) is 0. The highest BCUT2D eigenvalue weighted by Crippen LogP contribution is 2.31. The van der Waals surface area contributed by atoms with Crippen LogP contribution >= 0.6 is 0 Å². The molecule has 0 bridgehead atoms. The second kappa shape index (κ2) is 4.06. The number of carboxylic acids is 1. The number of aromatic carboxylic acids is 1. The van der Waals surface area contributed by atoms with Crippen molar-refractivity contribution in [1.82, 2.24) is 4.98 Å². The Bertz CT molecular complexity index is 725. The maximum absolute atomic E-state index is 12.3. The summed E-state index contributed by atoms with van der Waals surface area (Å²) >= 11 is 0. The van der Waals surface area contributed by atoms with Crippen LogP contribution in [0.4, 0.5) is 5.69 Å². The first-order chi connectivity index (χ1) is 9.50. The molecule has 0 fully saturated rings. The quantitative estimate of drug-likeness (QED) is 0.814. The number of carboxylic acid groups (broad SMARTS) is 1. The Morgan fingerprint density at radius 2 is 1.70 bits per heavy atom. The Kier molecular flexibility index (Phi) is 2.47. The summed E-state index contributed by atoms with van der Waals surface area (Å²) in [6, 6.07) is 7.90. The van der Waals surface area contributed by atoms with Gasteiger partial charge in [-0.1, -0.05) is 12.1 Å². The number of aromatic nitrogens is 1. The van der Waals surface area contributed by atoms with E-state index >= 15 is 0 Å². The Balaban J connectivity index is 2.17. The van der Waals surface area contributed by atoms with Crippen LogP contribution in [0.15, 0.2) is 30.3 Å². The summed E-state index contributed by atoms with van der Waals surface area (Å²) in [5.41, 5.74) is 1.03. The van der Waals surface area contributed by atoms with Gasteiger partial charge >= 0.3 is 5.97 Å². The van der Waals surface area contributed by atoms with Gasteiger partial charge in [0.1, 0.15) is 5.69 Å². The highest BCUT2D eigenvalue weighted by atomic mass is 16.4. The summed E-state index contributed by atoms with van der Waals surface area (Å²) < 4.78 is 0. The van der Waals surface area contributed by atoms with E-state index in [1.54, 1.807) is 31.2 Å². The molecule has 1 aliphatic heterocycles.